The van der Waals surface area contributed by atoms with E-state index in [2.05, 4.69) is 15.2 Å². The van der Waals surface area contributed by atoms with E-state index in [-0.39, 0.29) is 0 Å². The summed E-state index contributed by atoms with van der Waals surface area (Å²) in [4.78, 5) is 4.20. The first-order chi connectivity index (χ1) is 9.64. The lowest BCUT2D eigenvalue weighted by Gasteiger charge is -2.22. The van der Waals surface area contributed by atoms with Crippen LogP contribution in [0.15, 0.2) is 8.83 Å². The van der Waals surface area contributed by atoms with E-state index in [0.29, 0.717) is 49.7 Å². The lowest BCUT2D eigenvalue weighted by molar-refractivity contribution is -0.0658. The summed E-state index contributed by atoms with van der Waals surface area (Å²) in [6.45, 7) is 7.16. The molecule has 1 atom stereocenters. The molecule has 3 heterocycles. The number of ether oxygens (including phenoxy) is 2. The Balaban J connectivity index is 1.95. The smallest absolute Gasteiger partial charge is 0.285 e. The minimum atomic E-state index is -0.636. The molecule has 0 aromatic carbocycles. The number of aryl methyl sites for hydroxylation is 2. The van der Waals surface area contributed by atoms with Crippen LogP contribution in [0.2, 0.25) is 0 Å². The van der Waals surface area contributed by atoms with Gasteiger partial charge in [0.1, 0.15) is 0 Å². The van der Waals surface area contributed by atoms with E-state index in [1.165, 1.54) is 0 Å². The summed E-state index contributed by atoms with van der Waals surface area (Å²) in [7, 11) is 0. The number of hydrogen-bond donors (Lipinski definition) is 0. The van der Waals surface area contributed by atoms with Gasteiger partial charge in [0, 0.05) is 20.0 Å². The molecule has 7 heteroatoms. The van der Waals surface area contributed by atoms with Crippen LogP contribution in [0.1, 0.15) is 30.8 Å². The first-order valence-corrected chi connectivity index (χ1v) is 6.65. The molecule has 7 nitrogen and oxygen atoms in total. The van der Waals surface area contributed by atoms with Crippen molar-refractivity contribution in [3.8, 4) is 11.7 Å². The summed E-state index contributed by atoms with van der Waals surface area (Å²) >= 11 is 0. The van der Waals surface area contributed by atoms with Crippen molar-refractivity contribution < 1.29 is 18.3 Å². The van der Waals surface area contributed by atoms with Gasteiger partial charge in [-0.05, 0) is 13.8 Å². The van der Waals surface area contributed by atoms with E-state index in [0.717, 1.165) is 5.69 Å². The highest BCUT2D eigenvalue weighted by Crippen LogP contribution is 2.35. The molecule has 1 aliphatic rings. The first kappa shape index (κ1) is 13.3. The van der Waals surface area contributed by atoms with Gasteiger partial charge in [-0.25, -0.2) is 4.98 Å². The average Bonchev–Trinajstić information content (AvgIpc) is 3.09. The zero-order valence-corrected chi connectivity index (χ0v) is 11.8. The van der Waals surface area contributed by atoms with Crippen LogP contribution in [0, 0.1) is 13.8 Å². The molecule has 20 heavy (non-hydrogen) atoms. The lowest BCUT2D eigenvalue weighted by Crippen LogP contribution is -2.30. The maximum absolute atomic E-state index is 5.79. The minimum Gasteiger partial charge on any atom is -0.436 e. The molecule has 108 valence electrons. The fourth-order valence-corrected chi connectivity index (χ4v) is 2.40. The molecule has 1 unspecified atom stereocenters. The molecule has 2 aromatic rings. The topological polar surface area (TPSA) is 83.4 Å². The molecule has 0 aliphatic carbocycles. The van der Waals surface area contributed by atoms with Gasteiger partial charge in [0.15, 0.2) is 11.5 Å². The Bertz CT molecular complexity index is 599. The summed E-state index contributed by atoms with van der Waals surface area (Å²) in [5, 5.41) is 8.15. The van der Waals surface area contributed by atoms with Crippen molar-refractivity contribution in [2.75, 3.05) is 19.8 Å². The molecule has 3 rings (SSSR count). The summed E-state index contributed by atoms with van der Waals surface area (Å²) in [6.07, 6.45) is 0.705. The van der Waals surface area contributed by atoms with E-state index in [1.807, 2.05) is 13.8 Å². The van der Waals surface area contributed by atoms with Crippen LogP contribution in [0.4, 0.5) is 0 Å². The third-order valence-corrected chi connectivity index (χ3v) is 3.32. The molecular weight excluding hydrogens is 262 g/mol. The number of hydrogen-bond acceptors (Lipinski definition) is 7. The highest BCUT2D eigenvalue weighted by atomic mass is 16.6. The third kappa shape index (κ3) is 2.12. The molecule has 0 saturated carbocycles. The second kappa shape index (κ2) is 4.99. The van der Waals surface area contributed by atoms with Crippen LogP contribution >= 0.6 is 0 Å². The van der Waals surface area contributed by atoms with Crippen molar-refractivity contribution in [3.63, 3.8) is 0 Å². The third-order valence-electron chi connectivity index (χ3n) is 3.32. The van der Waals surface area contributed by atoms with Gasteiger partial charge < -0.3 is 18.3 Å². The number of oxazole rings is 1. The van der Waals surface area contributed by atoms with Gasteiger partial charge in [0.25, 0.3) is 11.8 Å². The zero-order valence-electron chi connectivity index (χ0n) is 11.8. The molecule has 1 fully saturated rings. The van der Waals surface area contributed by atoms with Crippen LogP contribution < -0.4 is 0 Å². The summed E-state index contributed by atoms with van der Waals surface area (Å²) in [5.74, 6) is 1.83. The lowest BCUT2D eigenvalue weighted by atomic mass is 10.0. The Hall–Kier alpha value is -1.73. The number of rotatable bonds is 4. The van der Waals surface area contributed by atoms with Crippen LogP contribution in [0.25, 0.3) is 11.7 Å². The number of nitrogens with zero attached hydrogens (tertiary/aromatic N) is 3. The molecule has 2 aromatic heterocycles. The van der Waals surface area contributed by atoms with Gasteiger partial charge in [-0.1, -0.05) is 0 Å². The summed E-state index contributed by atoms with van der Waals surface area (Å²) < 4.78 is 22.4. The molecular formula is C13H17N3O4. The van der Waals surface area contributed by atoms with Crippen LogP contribution in [0.3, 0.4) is 0 Å². The molecule has 0 N–H and O–H groups in total. The van der Waals surface area contributed by atoms with E-state index in [1.54, 1.807) is 6.92 Å². The van der Waals surface area contributed by atoms with Gasteiger partial charge >= 0.3 is 0 Å². The van der Waals surface area contributed by atoms with Gasteiger partial charge in [0.2, 0.25) is 5.76 Å². The maximum atomic E-state index is 5.79. The second-order valence-electron chi connectivity index (χ2n) is 4.79. The van der Waals surface area contributed by atoms with E-state index in [4.69, 9.17) is 18.3 Å². The van der Waals surface area contributed by atoms with E-state index in [9.17, 15) is 0 Å². The Labute approximate surface area is 116 Å². The van der Waals surface area contributed by atoms with Crippen molar-refractivity contribution in [2.45, 2.75) is 32.8 Å². The zero-order chi connectivity index (χ0) is 14.2. The Morgan fingerprint density at radius 3 is 2.70 bits per heavy atom. The molecule has 0 spiro atoms. The normalized spacial score (nSPS) is 22.6. The highest BCUT2D eigenvalue weighted by molar-refractivity contribution is 5.47. The fourth-order valence-electron chi connectivity index (χ4n) is 2.40. The first-order valence-electron chi connectivity index (χ1n) is 6.65. The predicted molar refractivity (Wildman–Crippen MR) is 68.0 cm³/mol. The molecule has 0 amide bonds. The molecule has 0 radical (unpaired) electrons. The Morgan fingerprint density at radius 1 is 1.25 bits per heavy atom. The molecule has 1 aliphatic heterocycles. The van der Waals surface area contributed by atoms with Crippen molar-refractivity contribution >= 4 is 0 Å². The van der Waals surface area contributed by atoms with Gasteiger partial charge in [-0.3, -0.25) is 0 Å². The van der Waals surface area contributed by atoms with E-state index < -0.39 is 5.60 Å². The van der Waals surface area contributed by atoms with E-state index >= 15 is 0 Å². The summed E-state index contributed by atoms with van der Waals surface area (Å²) in [5.41, 5.74) is 0.0917. The van der Waals surface area contributed by atoms with Crippen LogP contribution in [0.5, 0.6) is 0 Å². The van der Waals surface area contributed by atoms with Gasteiger partial charge in [-0.15, -0.1) is 10.2 Å². The van der Waals surface area contributed by atoms with Crippen molar-refractivity contribution in [1.82, 2.24) is 15.2 Å². The maximum Gasteiger partial charge on any atom is 0.285 e. The van der Waals surface area contributed by atoms with Crippen molar-refractivity contribution in [3.05, 3.63) is 17.5 Å². The average molecular weight is 279 g/mol. The van der Waals surface area contributed by atoms with Crippen molar-refractivity contribution in [2.24, 2.45) is 0 Å². The SMILES string of the molecule is CCOC1(c2nnc(-c3oc(C)nc3C)o2)CCOC1. The predicted octanol–water partition coefficient (Wildman–Crippen LogP) is 1.99. The summed E-state index contributed by atoms with van der Waals surface area (Å²) in [6, 6.07) is 0. The monoisotopic (exact) mass is 279 g/mol. The standard InChI is InChI=1S/C13H17N3O4/c1-4-18-13(5-6-17-7-13)12-16-15-11(20-12)10-8(2)14-9(3)19-10/h4-7H2,1-3H3. The van der Waals surface area contributed by atoms with Crippen molar-refractivity contribution in [1.29, 1.82) is 0 Å². The quantitative estimate of drug-likeness (QED) is 0.846. The Morgan fingerprint density at radius 2 is 2.10 bits per heavy atom. The van der Waals surface area contributed by atoms with Crippen LogP contribution in [-0.4, -0.2) is 35.0 Å². The Kier molecular flexibility index (Phi) is 3.31. The molecule has 1 saturated heterocycles. The van der Waals surface area contributed by atoms with Gasteiger partial charge in [-0.2, -0.15) is 0 Å². The van der Waals surface area contributed by atoms with Crippen LogP contribution in [-0.2, 0) is 15.1 Å². The second-order valence-corrected chi connectivity index (χ2v) is 4.79. The number of aromatic nitrogens is 3. The largest absolute Gasteiger partial charge is 0.436 e. The molecule has 0 bridgehead atoms. The fraction of sp³-hybridized carbons (Fsp3) is 0.615. The van der Waals surface area contributed by atoms with Gasteiger partial charge in [0.05, 0.1) is 18.9 Å². The highest BCUT2D eigenvalue weighted by Gasteiger charge is 2.43. The minimum absolute atomic E-state index is 0.323.